The van der Waals surface area contributed by atoms with Crippen LogP contribution in [0, 0.1) is 34.8 Å². The van der Waals surface area contributed by atoms with E-state index < -0.39 is 47.7 Å². The highest BCUT2D eigenvalue weighted by molar-refractivity contribution is 6.48. The van der Waals surface area contributed by atoms with Gasteiger partial charge >= 0.3 is 7.12 Å². The Labute approximate surface area is 285 Å². The number of rotatable bonds is 10. The van der Waals surface area contributed by atoms with Crippen molar-refractivity contribution in [3.8, 4) is 0 Å². The molecule has 2 amide bonds. The molecule has 3 saturated carbocycles. The van der Waals surface area contributed by atoms with E-state index in [2.05, 4.69) is 55.4 Å². The summed E-state index contributed by atoms with van der Waals surface area (Å²) in [5, 5.41) is 11.8. The largest absolute Gasteiger partial charge is 0.481 e. The Bertz CT molecular complexity index is 1820. The third-order valence-electron chi connectivity index (χ3n) is 11.4. The maximum atomic E-state index is 15.0. The number of fused-ring (bicyclic) bond motifs is 1. The molecule has 0 radical (unpaired) electrons. The molecule has 1 aromatic heterocycles. The number of nitrogens with one attached hydrogen (secondary N) is 2. The van der Waals surface area contributed by atoms with E-state index in [4.69, 9.17) is 14.1 Å². The summed E-state index contributed by atoms with van der Waals surface area (Å²) in [4.78, 5) is 37.8. The molecule has 2 N–H and O–H groups in total. The third-order valence-corrected chi connectivity index (χ3v) is 11.4. The fraction of sp³-hybridized carbons (Fsp3) is 0.514. The van der Waals surface area contributed by atoms with Crippen LogP contribution in [0.3, 0.4) is 0 Å². The number of carbonyl (C=O) groups is 2. The number of pyridine rings is 1. The number of aromatic nitrogens is 1. The van der Waals surface area contributed by atoms with Gasteiger partial charge in [-0.3, -0.25) is 14.6 Å². The zero-order chi connectivity index (χ0) is 34.7. The molecule has 5 aliphatic rings. The lowest BCUT2D eigenvalue weighted by Gasteiger charge is -2.64. The van der Waals surface area contributed by atoms with Crippen LogP contribution in [0.4, 0.5) is 8.78 Å². The molecule has 4 fully saturated rings. The minimum Gasteiger partial charge on any atom is -0.404 e. The van der Waals surface area contributed by atoms with Crippen molar-refractivity contribution in [3.05, 3.63) is 77.6 Å². The highest BCUT2D eigenvalue weighted by atomic mass is 19.1. The van der Waals surface area contributed by atoms with Gasteiger partial charge < -0.3 is 24.8 Å². The molecular formula is C37H43BF2N4O5. The van der Waals surface area contributed by atoms with Crippen LogP contribution < -0.4 is 10.6 Å². The molecule has 1 unspecified atom stereocenters. The Hall–Kier alpha value is -3.90. The summed E-state index contributed by atoms with van der Waals surface area (Å²) >= 11 is 0. The molecule has 6 atom stereocenters. The van der Waals surface area contributed by atoms with Gasteiger partial charge in [-0.1, -0.05) is 63.2 Å². The highest BCUT2D eigenvalue weighted by Crippen LogP contribution is 2.65. The number of halogens is 2. The second-order valence-electron chi connectivity index (χ2n) is 15.4. The average Bonchev–Trinajstić information content (AvgIpc) is 3.65. The second kappa shape index (κ2) is 12.5. The van der Waals surface area contributed by atoms with Crippen molar-refractivity contribution in [2.24, 2.45) is 28.3 Å². The van der Waals surface area contributed by atoms with E-state index >= 15 is 4.39 Å². The van der Waals surface area contributed by atoms with E-state index in [1.807, 2.05) is 30.3 Å². The zero-order valence-corrected chi connectivity index (χ0v) is 28.6. The minimum absolute atomic E-state index is 0.0205. The first kappa shape index (κ1) is 33.6. The number of hydrogen-bond acceptors (Lipinski definition) is 7. The van der Waals surface area contributed by atoms with Crippen molar-refractivity contribution in [2.75, 3.05) is 6.54 Å². The van der Waals surface area contributed by atoms with Crippen LogP contribution in [-0.2, 0) is 25.4 Å². The zero-order valence-electron chi connectivity index (χ0n) is 28.6. The summed E-state index contributed by atoms with van der Waals surface area (Å²) in [5.74, 6) is -1.84. The Balaban J connectivity index is 1.10. The van der Waals surface area contributed by atoms with Gasteiger partial charge in [-0.15, -0.1) is 0 Å². The van der Waals surface area contributed by atoms with Gasteiger partial charge in [0.15, 0.2) is 0 Å². The van der Waals surface area contributed by atoms with Crippen molar-refractivity contribution in [3.63, 3.8) is 0 Å². The fourth-order valence-electron chi connectivity index (χ4n) is 8.59. The van der Waals surface area contributed by atoms with Gasteiger partial charge in [0.1, 0.15) is 17.3 Å². The fourth-order valence-corrected chi connectivity index (χ4v) is 8.59. The molecular weight excluding hydrogens is 629 g/mol. The maximum absolute atomic E-state index is 15.0. The van der Waals surface area contributed by atoms with Crippen LogP contribution in [0.2, 0.25) is 0 Å². The highest BCUT2D eigenvalue weighted by Gasteiger charge is 2.68. The molecule has 0 spiro atoms. The smallest absolute Gasteiger partial charge is 0.404 e. The predicted molar refractivity (Wildman–Crippen MR) is 182 cm³/mol. The lowest BCUT2D eigenvalue weighted by Crippen LogP contribution is -2.65. The van der Waals surface area contributed by atoms with E-state index in [1.54, 1.807) is 6.20 Å². The summed E-state index contributed by atoms with van der Waals surface area (Å²) < 4.78 is 42.2. The van der Waals surface area contributed by atoms with Crippen LogP contribution in [0.5, 0.6) is 0 Å². The first-order chi connectivity index (χ1) is 23.3. The summed E-state index contributed by atoms with van der Waals surface area (Å²) in [6, 6.07) is 12.5. The van der Waals surface area contributed by atoms with Crippen molar-refractivity contribution in [1.29, 1.82) is 0 Å². The van der Waals surface area contributed by atoms with E-state index in [0.29, 0.717) is 29.4 Å². The molecule has 3 aromatic rings. The molecule has 12 heteroatoms. The third kappa shape index (κ3) is 6.01. The Morgan fingerprint density at radius 3 is 2.63 bits per heavy atom. The molecule has 8 rings (SSSR count). The van der Waals surface area contributed by atoms with Gasteiger partial charge in [0.05, 0.1) is 29.9 Å². The maximum Gasteiger partial charge on any atom is 0.481 e. The molecule has 258 valence electrons. The summed E-state index contributed by atoms with van der Waals surface area (Å²) in [7, 11) is -0.676. The molecule has 2 bridgehead atoms. The number of benzene rings is 2. The molecule has 49 heavy (non-hydrogen) atoms. The molecule has 3 heterocycles. The van der Waals surface area contributed by atoms with Crippen molar-refractivity contribution < 1.29 is 32.5 Å². The molecule has 3 aliphatic carbocycles. The molecule has 2 aliphatic heterocycles. The van der Waals surface area contributed by atoms with Crippen molar-refractivity contribution in [2.45, 2.75) is 90.0 Å². The van der Waals surface area contributed by atoms with Gasteiger partial charge in [0.2, 0.25) is 5.60 Å². The van der Waals surface area contributed by atoms with Gasteiger partial charge in [-0.25, -0.2) is 8.78 Å². The van der Waals surface area contributed by atoms with E-state index in [9.17, 15) is 14.0 Å². The number of amides is 2. The van der Waals surface area contributed by atoms with Crippen LogP contribution in [-0.4, -0.2) is 59.4 Å². The number of carbonyl (C=O) groups excluding carboxylic acids is 2. The minimum atomic E-state index is -1.66. The first-order valence-electron chi connectivity index (χ1n) is 17.2. The Kier molecular flexibility index (Phi) is 8.54. The van der Waals surface area contributed by atoms with E-state index in [0.717, 1.165) is 30.4 Å². The van der Waals surface area contributed by atoms with Gasteiger partial charge in [-0.05, 0) is 72.4 Å². The van der Waals surface area contributed by atoms with Crippen molar-refractivity contribution >= 4 is 35.4 Å². The van der Waals surface area contributed by atoms with E-state index in [1.165, 1.54) is 6.07 Å². The van der Waals surface area contributed by atoms with Gasteiger partial charge in [0.25, 0.3) is 11.8 Å². The lowest BCUT2D eigenvalue weighted by molar-refractivity contribution is -0.199. The van der Waals surface area contributed by atoms with Crippen LogP contribution in [0.25, 0.3) is 10.8 Å². The van der Waals surface area contributed by atoms with Crippen LogP contribution >= 0.6 is 0 Å². The molecule has 9 nitrogen and oxygen atoms in total. The predicted octanol–water partition coefficient (Wildman–Crippen LogP) is 5.80. The SMILES string of the molecule is CC(C)C[C@H](NC(=O)C1(Cc2ccc(F)cc2F)CC(CNC(=O)c2nccc3ccccc23)=NO1)B1O[C@@H]2C[C@@H]3C[C@@H](C3(C)C)[C@]2(C)O1. The quantitative estimate of drug-likeness (QED) is 0.264. The van der Waals surface area contributed by atoms with Crippen LogP contribution in [0.1, 0.15) is 76.4 Å². The second-order valence-corrected chi connectivity index (χ2v) is 15.4. The summed E-state index contributed by atoms with van der Waals surface area (Å²) in [5.41, 5.74) is -1.21. The van der Waals surface area contributed by atoms with Crippen molar-refractivity contribution in [1.82, 2.24) is 15.6 Å². The number of hydrogen-bond donors (Lipinski definition) is 2. The molecule has 1 saturated heterocycles. The Morgan fingerprint density at radius 2 is 1.88 bits per heavy atom. The average molecular weight is 673 g/mol. The van der Waals surface area contributed by atoms with E-state index in [-0.39, 0.29) is 48.1 Å². The number of oxime groups is 1. The van der Waals surface area contributed by atoms with Gasteiger partial charge in [0, 0.05) is 30.5 Å². The molecule has 2 aromatic carbocycles. The summed E-state index contributed by atoms with van der Waals surface area (Å²) in [6.07, 6.45) is 3.84. The standard InChI is InChI=1S/C37H43BF2N4O5/c1-21(2)14-31(38-47-30-16-24-15-29(35(24,3)4)36(30,5)48-38)43-34(46)37(18-23-10-11-25(39)17-28(23)40)19-26(44-49-37)20-42-33(45)32-27-9-7-6-8-22(27)12-13-41-32/h6-13,17,21,24,29-31H,14-16,18-20H2,1-5H3,(H,42,45)(H,43,46)/t24-,29-,30+,31-,36-,37?/m0/s1. The monoisotopic (exact) mass is 672 g/mol. The lowest BCUT2D eigenvalue weighted by atomic mass is 9.43. The topological polar surface area (TPSA) is 111 Å². The first-order valence-corrected chi connectivity index (χ1v) is 17.2. The van der Waals surface area contributed by atoms with Crippen LogP contribution in [0.15, 0.2) is 59.9 Å². The number of nitrogens with zero attached hydrogens (tertiary/aromatic N) is 2. The normalized spacial score (nSPS) is 28.8. The Morgan fingerprint density at radius 1 is 1.08 bits per heavy atom. The van der Waals surface area contributed by atoms with Gasteiger partial charge in [-0.2, -0.15) is 0 Å². The summed E-state index contributed by atoms with van der Waals surface area (Å²) in [6.45, 7) is 10.8.